The topological polar surface area (TPSA) is 65.4 Å². The highest BCUT2D eigenvalue weighted by atomic mass is 16.5. The lowest BCUT2D eigenvalue weighted by Gasteiger charge is -2.12. The third kappa shape index (κ3) is 4.71. The Bertz CT molecular complexity index is 1050. The number of methoxy groups -OCH3 is 1. The molecule has 0 saturated carbocycles. The number of allylic oxidation sites excluding steroid dienone is 1. The summed E-state index contributed by atoms with van der Waals surface area (Å²) in [5.74, 6) is 0.841. The van der Waals surface area contributed by atoms with Crippen LogP contribution < -0.4 is 14.8 Å². The Balaban J connectivity index is 1.70. The first-order valence-corrected chi connectivity index (χ1v) is 9.76. The second-order valence-electron chi connectivity index (χ2n) is 7.11. The van der Waals surface area contributed by atoms with Crippen molar-refractivity contribution in [1.82, 2.24) is 9.78 Å². The third-order valence-corrected chi connectivity index (χ3v) is 4.80. The zero-order valence-corrected chi connectivity index (χ0v) is 17.9. The molecule has 1 N–H and O–H groups in total. The predicted molar refractivity (Wildman–Crippen MR) is 119 cm³/mol. The molecular formula is C24H27N3O3. The number of nitrogens with one attached hydrogen (secondary N) is 1. The van der Waals surface area contributed by atoms with Crippen LogP contribution in [0.5, 0.6) is 11.5 Å². The van der Waals surface area contributed by atoms with E-state index in [0.29, 0.717) is 17.2 Å². The average molecular weight is 405 g/mol. The summed E-state index contributed by atoms with van der Waals surface area (Å²) in [5, 5.41) is 7.49. The van der Waals surface area contributed by atoms with Gasteiger partial charge in [0, 0.05) is 0 Å². The van der Waals surface area contributed by atoms with Crippen LogP contribution in [-0.4, -0.2) is 29.4 Å². The number of benzene rings is 2. The molecule has 0 aliphatic rings. The van der Waals surface area contributed by atoms with Crippen molar-refractivity contribution in [2.24, 2.45) is 0 Å². The maximum Gasteiger partial charge on any atom is 0.262 e. The van der Waals surface area contributed by atoms with Gasteiger partial charge in [-0.2, -0.15) is 5.10 Å². The van der Waals surface area contributed by atoms with E-state index in [1.165, 1.54) is 5.56 Å². The van der Waals surface area contributed by atoms with Gasteiger partial charge in [-0.15, -0.1) is 6.58 Å². The summed E-state index contributed by atoms with van der Waals surface area (Å²) in [7, 11) is 1.58. The van der Waals surface area contributed by atoms with Crippen molar-refractivity contribution in [2.45, 2.75) is 27.2 Å². The number of rotatable bonds is 8. The molecule has 0 atom stereocenters. The Morgan fingerprint density at radius 3 is 2.53 bits per heavy atom. The number of nitrogens with zero attached hydrogens (tertiary/aromatic N) is 2. The zero-order valence-electron chi connectivity index (χ0n) is 17.9. The van der Waals surface area contributed by atoms with Crippen molar-refractivity contribution in [3.63, 3.8) is 0 Å². The summed E-state index contributed by atoms with van der Waals surface area (Å²) < 4.78 is 12.9. The average Bonchev–Trinajstić information content (AvgIpc) is 3.01. The molecule has 6 nitrogen and oxygen atoms in total. The number of ether oxygens (including phenoxy) is 2. The smallest absolute Gasteiger partial charge is 0.262 e. The molecule has 0 fully saturated rings. The van der Waals surface area contributed by atoms with Crippen LogP contribution >= 0.6 is 0 Å². The molecule has 2 aromatic carbocycles. The molecule has 0 spiro atoms. The van der Waals surface area contributed by atoms with Crippen LogP contribution in [0.15, 0.2) is 55.1 Å². The van der Waals surface area contributed by atoms with Crippen LogP contribution in [0.25, 0.3) is 5.69 Å². The van der Waals surface area contributed by atoms with Crippen LogP contribution in [0, 0.1) is 20.8 Å². The lowest BCUT2D eigenvalue weighted by atomic mass is 10.1. The first kappa shape index (κ1) is 21.2. The Hall–Kier alpha value is -3.54. The van der Waals surface area contributed by atoms with Crippen molar-refractivity contribution in [3.8, 4) is 17.2 Å². The normalized spacial score (nSPS) is 10.5. The van der Waals surface area contributed by atoms with Crippen LogP contribution in [-0.2, 0) is 11.2 Å². The molecule has 156 valence electrons. The fourth-order valence-electron chi connectivity index (χ4n) is 3.20. The van der Waals surface area contributed by atoms with E-state index < -0.39 is 0 Å². The van der Waals surface area contributed by atoms with E-state index in [9.17, 15) is 4.79 Å². The molecule has 30 heavy (non-hydrogen) atoms. The van der Waals surface area contributed by atoms with Gasteiger partial charge in [-0.1, -0.05) is 29.8 Å². The maximum absolute atomic E-state index is 12.5. The van der Waals surface area contributed by atoms with E-state index in [1.807, 2.05) is 67.9 Å². The molecule has 1 aromatic heterocycles. The quantitative estimate of drug-likeness (QED) is 0.558. The van der Waals surface area contributed by atoms with Gasteiger partial charge < -0.3 is 14.8 Å². The Morgan fingerprint density at radius 2 is 1.87 bits per heavy atom. The molecular weight excluding hydrogens is 378 g/mol. The first-order valence-electron chi connectivity index (χ1n) is 9.76. The van der Waals surface area contributed by atoms with Gasteiger partial charge in [-0.25, -0.2) is 4.68 Å². The zero-order chi connectivity index (χ0) is 21.7. The van der Waals surface area contributed by atoms with Crippen molar-refractivity contribution >= 4 is 11.6 Å². The van der Waals surface area contributed by atoms with Crippen molar-refractivity contribution in [1.29, 1.82) is 0 Å². The molecule has 1 amide bonds. The molecule has 0 aliphatic heterocycles. The number of aromatic nitrogens is 2. The summed E-state index contributed by atoms with van der Waals surface area (Å²) in [6.07, 6.45) is 2.56. The van der Waals surface area contributed by atoms with Gasteiger partial charge in [0.15, 0.2) is 18.1 Å². The van der Waals surface area contributed by atoms with Crippen molar-refractivity contribution in [3.05, 3.63) is 77.6 Å². The second-order valence-corrected chi connectivity index (χ2v) is 7.11. The SMILES string of the molecule is C=CCc1ccc(OCC(=O)Nc2c(C)nn(-c3ccc(C)cc3)c2C)c(OC)c1. The monoisotopic (exact) mass is 405 g/mol. The summed E-state index contributed by atoms with van der Waals surface area (Å²) in [5.41, 5.74) is 5.48. The summed E-state index contributed by atoms with van der Waals surface area (Å²) >= 11 is 0. The van der Waals surface area contributed by atoms with E-state index in [4.69, 9.17) is 9.47 Å². The molecule has 0 aliphatic carbocycles. The largest absolute Gasteiger partial charge is 0.493 e. The van der Waals surface area contributed by atoms with Gasteiger partial charge in [-0.05, 0) is 57.0 Å². The number of anilines is 1. The number of hydrogen-bond acceptors (Lipinski definition) is 4. The number of amides is 1. The van der Waals surface area contributed by atoms with E-state index in [0.717, 1.165) is 29.1 Å². The van der Waals surface area contributed by atoms with Crippen LogP contribution in [0.1, 0.15) is 22.5 Å². The van der Waals surface area contributed by atoms with Crippen molar-refractivity contribution in [2.75, 3.05) is 19.0 Å². The minimum atomic E-state index is -0.262. The molecule has 0 bridgehead atoms. The standard InChI is InChI=1S/C24H27N3O3/c1-6-7-19-10-13-21(22(14-19)29-5)30-15-23(28)25-24-17(3)26-27(18(24)4)20-11-8-16(2)9-12-20/h6,8-14H,1,7,15H2,2-5H3,(H,25,28). The molecule has 3 rings (SSSR count). The lowest BCUT2D eigenvalue weighted by molar-refractivity contribution is -0.118. The molecule has 0 saturated heterocycles. The minimum absolute atomic E-state index is 0.133. The third-order valence-electron chi connectivity index (χ3n) is 4.80. The summed E-state index contributed by atoms with van der Waals surface area (Å²) in [6, 6.07) is 13.7. The number of aryl methyl sites for hydroxylation is 2. The van der Waals surface area contributed by atoms with E-state index in [-0.39, 0.29) is 12.5 Å². The van der Waals surface area contributed by atoms with Gasteiger partial charge in [-0.3, -0.25) is 4.79 Å². The second kappa shape index (κ2) is 9.31. The molecule has 1 heterocycles. The minimum Gasteiger partial charge on any atom is -0.493 e. The molecule has 3 aromatic rings. The van der Waals surface area contributed by atoms with E-state index in [2.05, 4.69) is 17.0 Å². The Morgan fingerprint density at radius 1 is 1.13 bits per heavy atom. The summed E-state index contributed by atoms with van der Waals surface area (Å²) in [6.45, 7) is 9.45. The summed E-state index contributed by atoms with van der Waals surface area (Å²) in [4.78, 5) is 12.5. The predicted octanol–water partition coefficient (Wildman–Crippen LogP) is 4.55. The fraction of sp³-hybridized carbons (Fsp3) is 0.250. The molecule has 0 radical (unpaired) electrons. The van der Waals surface area contributed by atoms with Gasteiger partial charge in [0.2, 0.25) is 0 Å². The highest BCUT2D eigenvalue weighted by Gasteiger charge is 2.16. The van der Waals surface area contributed by atoms with Gasteiger partial charge >= 0.3 is 0 Å². The van der Waals surface area contributed by atoms with Crippen LogP contribution in [0.2, 0.25) is 0 Å². The lowest BCUT2D eigenvalue weighted by Crippen LogP contribution is -2.21. The fourth-order valence-corrected chi connectivity index (χ4v) is 3.20. The Labute approximate surface area is 177 Å². The maximum atomic E-state index is 12.5. The van der Waals surface area contributed by atoms with E-state index >= 15 is 0 Å². The number of hydrogen-bond donors (Lipinski definition) is 1. The Kier molecular flexibility index (Phi) is 6.57. The van der Waals surface area contributed by atoms with Gasteiger partial charge in [0.1, 0.15) is 0 Å². The number of carbonyl (C=O) groups excluding carboxylic acids is 1. The van der Waals surface area contributed by atoms with Crippen LogP contribution in [0.3, 0.4) is 0 Å². The first-order chi connectivity index (χ1) is 14.4. The van der Waals surface area contributed by atoms with Crippen LogP contribution in [0.4, 0.5) is 5.69 Å². The van der Waals surface area contributed by atoms with Gasteiger partial charge in [0.25, 0.3) is 5.91 Å². The molecule has 0 unspecified atom stereocenters. The highest BCUT2D eigenvalue weighted by Crippen LogP contribution is 2.28. The molecule has 6 heteroatoms. The number of carbonyl (C=O) groups is 1. The van der Waals surface area contributed by atoms with E-state index in [1.54, 1.807) is 13.2 Å². The van der Waals surface area contributed by atoms with Gasteiger partial charge in [0.05, 0.1) is 29.9 Å². The highest BCUT2D eigenvalue weighted by molar-refractivity contribution is 5.93. The van der Waals surface area contributed by atoms with Crippen molar-refractivity contribution < 1.29 is 14.3 Å².